The molecule has 1 aliphatic heterocycles. The van der Waals surface area contributed by atoms with E-state index in [0.29, 0.717) is 48.1 Å². The SMILES string of the molecule is CC(C)(C)SCCNC(=O)C1CCN(S(=O)(=O)Cc2ccc(Cl)cc2Cl)CC1. The third-order valence-corrected chi connectivity index (χ3v) is 8.20. The Kier molecular flexibility index (Phi) is 8.52. The summed E-state index contributed by atoms with van der Waals surface area (Å²) in [6.45, 7) is 7.77. The molecule has 28 heavy (non-hydrogen) atoms. The largest absolute Gasteiger partial charge is 0.355 e. The van der Waals surface area contributed by atoms with Crippen LogP contribution in [0.4, 0.5) is 0 Å². The molecule has 2 rings (SSSR count). The van der Waals surface area contributed by atoms with E-state index < -0.39 is 10.0 Å². The predicted octanol–water partition coefficient (Wildman–Crippen LogP) is 4.18. The van der Waals surface area contributed by atoms with E-state index in [1.165, 1.54) is 4.31 Å². The maximum Gasteiger partial charge on any atom is 0.223 e. The molecular weight excluding hydrogens is 439 g/mol. The fraction of sp³-hybridized carbons (Fsp3) is 0.632. The molecule has 5 nitrogen and oxygen atoms in total. The van der Waals surface area contributed by atoms with E-state index in [-0.39, 0.29) is 22.3 Å². The second kappa shape index (κ2) is 10.0. The summed E-state index contributed by atoms with van der Waals surface area (Å²) in [4.78, 5) is 12.3. The predicted molar refractivity (Wildman–Crippen MR) is 119 cm³/mol. The van der Waals surface area contributed by atoms with Gasteiger partial charge in [-0.3, -0.25) is 4.79 Å². The fourth-order valence-corrected chi connectivity index (χ4v) is 5.96. The highest BCUT2D eigenvalue weighted by Gasteiger charge is 2.31. The normalized spacial score (nSPS) is 16.9. The van der Waals surface area contributed by atoms with Gasteiger partial charge in [-0.1, -0.05) is 50.0 Å². The number of sulfonamides is 1. The Labute approximate surface area is 182 Å². The van der Waals surface area contributed by atoms with Crippen molar-refractivity contribution in [1.82, 2.24) is 9.62 Å². The molecule has 1 N–H and O–H groups in total. The standard InChI is InChI=1S/C19H28Cl2N2O3S2/c1-19(2,3)27-11-8-22-18(24)14-6-9-23(10-7-14)28(25,26)13-15-4-5-16(20)12-17(15)21/h4-5,12,14H,6-11,13H2,1-3H3,(H,22,24). The second-order valence-corrected chi connectivity index (χ2v) is 12.7. The van der Waals surface area contributed by atoms with Crippen LogP contribution in [0.15, 0.2) is 18.2 Å². The third kappa shape index (κ3) is 7.41. The number of hydrogen-bond acceptors (Lipinski definition) is 4. The van der Waals surface area contributed by atoms with Crippen LogP contribution in [0.3, 0.4) is 0 Å². The van der Waals surface area contributed by atoms with Crippen LogP contribution in [0.25, 0.3) is 0 Å². The van der Waals surface area contributed by atoms with Crippen molar-refractivity contribution in [3.05, 3.63) is 33.8 Å². The molecule has 9 heteroatoms. The molecule has 1 aromatic rings. The number of benzene rings is 1. The van der Waals surface area contributed by atoms with Crippen molar-refractivity contribution in [3.8, 4) is 0 Å². The second-order valence-electron chi connectivity index (χ2n) is 7.92. The van der Waals surface area contributed by atoms with Crippen molar-refractivity contribution in [1.29, 1.82) is 0 Å². The van der Waals surface area contributed by atoms with Crippen molar-refractivity contribution in [2.45, 2.75) is 44.1 Å². The van der Waals surface area contributed by atoms with Gasteiger partial charge < -0.3 is 5.32 Å². The van der Waals surface area contributed by atoms with Gasteiger partial charge in [0.2, 0.25) is 15.9 Å². The summed E-state index contributed by atoms with van der Waals surface area (Å²) in [5.74, 6) is 0.589. The van der Waals surface area contributed by atoms with Gasteiger partial charge in [-0.25, -0.2) is 12.7 Å². The number of nitrogens with zero attached hydrogens (tertiary/aromatic N) is 1. The smallest absolute Gasteiger partial charge is 0.223 e. The first-order valence-corrected chi connectivity index (χ1v) is 12.7. The summed E-state index contributed by atoms with van der Waals surface area (Å²) in [5.41, 5.74) is 0.530. The van der Waals surface area contributed by atoms with Gasteiger partial charge >= 0.3 is 0 Å². The van der Waals surface area contributed by atoms with Gasteiger partial charge in [0.05, 0.1) is 5.75 Å². The number of amides is 1. The van der Waals surface area contributed by atoms with Crippen LogP contribution in [-0.4, -0.2) is 48.8 Å². The lowest BCUT2D eigenvalue weighted by atomic mass is 9.97. The molecule has 0 aromatic heterocycles. The molecule has 1 amide bonds. The number of thioether (sulfide) groups is 1. The van der Waals surface area contributed by atoms with Crippen molar-refractivity contribution in [2.24, 2.45) is 5.92 Å². The Morgan fingerprint density at radius 3 is 2.46 bits per heavy atom. The Morgan fingerprint density at radius 2 is 1.89 bits per heavy atom. The number of hydrogen-bond donors (Lipinski definition) is 1. The molecular formula is C19H28Cl2N2O3S2. The number of rotatable bonds is 7. The van der Waals surface area contributed by atoms with Crippen LogP contribution in [0.2, 0.25) is 10.0 Å². The molecule has 0 spiro atoms. The van der Waals surface area contributed by atoms with E-state index in [1.54, 1.807) is 18.2 Å². The van der Waals surface area contributed by atoms with E-state index in [0.717, 1.165) is 5.75 Å². The first-order chi connectivity index (χ1) is 13.0. The summed E-state index contributed by atoms with van der Waals surface area (Å²) in [6, 6.07) is 4.81. The van der Waals surface area contributed by atoms with Gasteiger partial charge in [0.15, 0.2) is 0 Å². The quantitative estimate of drug-likeness (QED) is 0.611. The number of halogens is 2. The number of carbonyl (C=O) groups is 1. The van der Waals surface area contributed by atoms with E-state index >= 15 is 0 Å². The Bertz CT molecular complexity index is 787. The first-order valence-electron chi connectivity index (χ1n) is 9.31. The van der Waals surface area contributed by atoms with Gasteiger partial charge in [-0.2, -0.15) is 11.8 Å². The van der Waals surface area contributed by atoms with Gasteiger partial charge in [-0.15, -0.1) is 0 Å². The lowest BCUT2D eigenvalue weighted by Gasteiger charge is -2.30. The minimum absolute atomic E-state index is 0.0207. The molecule has 1 saturated heterocycles. The molecule has 1 aliphatic rings. The summed E-state index contributed by atoms with van der Waals surface area (Å²) >= 11 is 13.8. The third-order valence-electron chi connectivity index (χ3n) is 4.51. The number of nitrogens with one attached hydrogen (secondary N) is 1. The van der Waals surface area contributed by atoms with Crippen LogP contribution in [0, 0.1) is 5.92 Å². The van der Waals surface area contributed by atoms with Crippen molar-refractivity contribution in [2.75, 3.05) is 25.4 Å². The molecule has 0 bridgehead atoms. The molecule has 0 atom stereocenters. The summed E-state index contributed by atoms with van der Waals surface area (Å²) in [6.07, 6.45) is 1.07. The lowest BCUT2D eigenvalue weighted by Crippen LogP contribution is -2.43. The van der Waals surface area contributed by atoms with Gasteiger partial charge in [0.25, 0.3) is 0 Å². The van der Waals surface area contributed by atoms with Gasteiger partial charge in [0.1, 0.15) is 0 Å². The van der Waals surface area contributed by atoms with E-state index in [1.807, 2.05) is 11.8 Å². The number of piperidine rings is 1. The lowest BCUT2D eigenvalue weighted by molar-refractivity contribution is -0.125. The molecule has 0 unspecified atom stereocenters. The number of carbonyl (C=O) groups excluding carboxylic acids is 1. The van der Waals surface area contributed by atoms with Crippen LogP contribution >= 0.6 is 35.0 Å². The molecule has 158 valence electrons. The topological polar surface area (TPSA) is 66.5 Å². The van der Waals surface area contributed by atoms with Gasteiger partial charge in [0, 0.05) is 46.1 Å². The highest BCUT2D eigenvalue weighted by Crippen LogP contribution is 2.26. The van der Waals surface area contributed by atoms with Crippen LogP contribution in [0.5, 0.6) is 0 Å². The van der Waals surface area contributed by atoms with E-state index in [2.05, 4.69) is 26.1 Å². The molecule has 1 aromatic carbocycles. The van der Waals surface area contributed by atoms with Gasteiger partial charge in [-0.05, 0) is 30.5 Å². The van der Waals surface area contributed by atoms with Crippen LogP contribution in [-0.2, 0) is 20.6 Å². The molecule has 0 aliphatic carbocycles. The summed E-state index contributed by atoms with van der Waals surface area (Å²) in [5, 5.41) is 3.79. The van der Waals surface area contributed by atoms with Crippen molar-refractivity contribution in [3.63, 3.8) is 0 Å². The van der Waals surface area contributed by atoms with Crippen molar-refractivity contribution >= 4 is 50.9 Å². The minimum atomic E-state index is -3.49. The monoisotopic (exact) mass is 466 g/mol. The van der Waals surface area contributed by atoms with Crippen molar-refractivity contribution < 1.29 is 13.2 Å². The summed E-state index contributed by atoms with van der Waals surface area (Å²) < 4.78 is 27.0. The van der Waals surface area contributed by atoms with E-state index in [9.17, 15) is 13.2 Å². The first kappa shape index (κ1) is 23.8. The minimum Gasteiger partial charge on any atom is -0.355 e. The highest BCUT2D eigenvalue weighted by molar-refractivity contribution is 8.00. The van der Waals surface area contributed by atoms with Crippen LogP contribution < -0.4 is 5.32 Å². The Balaban J connectivity index is 1.82. The zero-order valence-electron chi connectivity index (χ0n) is 16.5. The zero-order valence-corrected chi connectivity index (χ0v) is 19.6. The summed E-state index contributed by atoms with van der Waals surface area (Å²) in [7, 11) is -3.49. The average molecular weight is 467 g/mol. The molecule has 0 saturated carbocycles. The average Bonchev–Trinajstić information content (AvgIpc) is 2.60. The molecule has 1 heterocycles. The van der Waals surface area contributed by atoms with Crippen LogP contribution in [0.1, 0.15) is 39.2 Å². The highest BCUT2D eigenvalue weighted by atomic mass is 35.5. The Morgan fingerprint density at radius 1 is 1.25 bits per heavy atom. The maximum absolute atomic E-state index is 12.7. The molecule has 1 fully saturated rings. The fourth-order valence-electron chi connectivity index (χ4n) is 3.00. The van der Waals surface area contributed by atoms with E-state index in [4.69, 9.17) is 23.2 Å². The molecule has 0 radical (unpaired) electrons. The zero-order chi connectivity index (χ0) is 20.9. The Hall–Kier alpha value is -0.470. The maximum atomic E-state index is 12.7.